The zero-order valence-electron chi connectivity index (χ0n) is 21.7. The second-order valence-corrected chi connectivity index (χ2v) is 9.21. The van der Waals surface area contributed by atoms with Gasteiger partial charge in [0, 0.05) is 48.4 Å². The topological polar surface area (TPSA) is 120 Å². The molecule has 0 spiro atoms. The van der Waals surface area contributed by atoms with Crippen molar-refractivity contribution in [2.24, 2.45) is 0 Å². The number of pyridine rings is 1. The number of hydrogen-bond donors (Lipinski definition) is 3. The van der Waals surface area contributed by atoms with Gasteiger partial charge in [0.05, 0.1) is 24.5 Å². The quantitative estimate of drug-likeness (QED) is 0.320. The van der Waals surface area contributed by atoms with Crippen LogP contribution < -0.4 is 10.1 Å². The minimum atomic E-state index is -0.133. The van der Waals surface area contributed by atoms with Crippen LogP contribution in [0.3, 0.4) is 0 Å². The van der Waals surface area contributed by atoms with Gasteiger partial charge in [0.1, 0.15) is 17.4 Å². The molecule has 9 heteroatoms. The van der Waals surface area contributed by atoms with Crippen LogP contribution in [0.15, 0.2) is 36.4 Å². The number of unbranched alkanes of at least 4 members (excludes halogenated alkanes) is 2. The van der Waals surface area contributed by atoms with Gasteiger partial charge in [-0.1, -0.05) is 12.0 Å². The summed E-state index contributed by atoms with van der Waals surface area (Å²) in [5, 5.41) is 19.0. The van der Waals surface area contributed by atoms with Crippen molar-refractivity contribution in [3.05, 3.63) is 47.7 Å². The van der Waals surface area contributed by atoms with Crippen molar-refractivity contribution in [3.8, 4) is 5.75 Å². The van der Waals surface area contributed by atoms with Gasteiger partial charge >= 0.3 is 0 Å². The minimum absolute atomic E-state index is 0.133. The van der Waals surface area contributed by atoms with E-state index in [1.54, 1.807) is 18.5 Å². The summed E-state index contributed by atoms with van der Waals surface area (Å²) in [6.45, 7) is 5.58. The van der Waals surface area contributed by atoms with Crippen molar-refractivity contribution < 1.29 is 9.47 Å². The molecule has 9 nitrogen and oxygen atoms in total. The second kappa shape index (κ2) is 13.5. The monoisotopic (exact) mass is 491 g/mol. The number of rotatable bonds is 9. The third-order valence-electron chi connectivity index (χ3n) is 5.92. The molecule has 3 heterocycles. The lowest BCUT2D eigenvalue weighted by Gasteiger charge is -2.20. The summed E-state index contributed by atoms with van der Waals surface area (Å²) in [5.74, 6) is 2.17. The molecule has 2 aromatic heterocycles. The van der Waals surface area contributed by atoms with Crippen LogP contribution in [-0.2, 0) is 4.74 Å². The fourth-order valence-corrected chi connectivity index (χ4v) is 3.87. The van der Waals surface area contributed by atoms with E-state index in [4.69, 9.17) is 20.3 Å². The maximum atomic E-state index is 8.14. The van der Waals surface area contributed by atoms with E-state index >= 15 is 0 Å². The molecule has 0 radical (unpaired) electrons. The summed E-state index contributed by atoms with van der Waals surface area (Å²) < 4.78 is 12.0. The highest BCUT2D eigenvalue weighted by Crippen LogP contribution is 2.32. The fourth-order valence-electron chi connectivity index (χ4n) is 3.87. The molecule has 1 aliphatic rings. The molecule has 1 aliphatic heterocycles. The summed E-state index contributed by atoms with van der Waals surface area (Å²) in [6.07, 6.45) is 12.3. The Hall–Kier alpha value is -3.59. The maximum Gasteiger partial charge on any atom is 0.166 e. The summed E-state index contributed by atoms with van der Waals surface area (Å²) in [4.78, 5) is 15.6. The van der Waals surface area contributed by atoms with Gasteiger partial charge in [-0.3, -0.25) is 0 Å². The predicted octanol–water partition coefficient (Wildman–Crippen LogP) is 5.34. The first-order valence-electron chi connectivity index (χ1n) is 12.4. The Morgan fingerprint density at radius 3 is 2.78 bits per heavy atom. The first-order valence-corrected chi connectivity index (χ1v) is 12.4. The smallest absolute Gasteiger partial charge is 0.166 e. The van der Waals surface area contributed by atoms with E-state index in [9.17, 15) is 0 Å². The Morgan fingerprint density at radius 2 is 2.03 bits per heavy atom. The summed E-state index contributed by atoms with van der Waals surface area (Å²) >= 11 is 0. The molecule has 2 aromatic rings. The normalized spacial score (nSPS) is 16.5. The maximum absolute atomic E-state index is 8.14. The van der Waals surface area contributed by atoms with Crippen molar-refractivity contribution in [1.82, 2.24) is 19.9 Å². The third kappa shape index (κ3) is 7.71. The lowest BCUT2D eigenvalue weighted by atomic mass is 9.98. The van der Waals surface area contributed by atoms with Crippen molar-refractivity contribution >= 4 is 35.2 Å². The van der Waals surface area contributed by atoms with Crippen molar-refractivity contribution in [1.29, 1.82) is 10.8 Å². The molecular formula is C27H37N7O2. The van der Waals surface area contributed by atoms with Crippen LogP contribution in [0.5, 0.6) is 5.75 Å². The number of nitrogens with zero attached hydrogens (tertiary/aromatic N) is 4. The molecule has 0 fully saturated rings. The van der Waals surface area contributed by atoms with Crippen molar-refractivity contribution in [3.63, 3.8) is 0 Å². The molecule has 192 valence electrons. The van der Waals surface area contributed by atoms with Gasteiger partial charge in [-0.15, -0.1) is 0 Å². The first-order chi connectivity index (χ1) is 17.4. The second-order valence-electron chi connectivity index (χ2n) is 9.21. The van der Waals surface area contributed by atoms with Gasteiger partial charge in [0.15, 0.2) is 5.82 Å². The molecule has 0 unspecified atom stereocenters. The van der Waals surface area contributed by atoms with E-state index in [1.807, 2.05) is 13.0 Å². The van der Waals surface area contributed by atoms with Gasteiger partial charge in [-0.25, -0.2) is 15.0 Å². The molecule has 3 rings (SSSR count). The van der Waals surface area contributed by atoms with Gasteiger partial charge in [0.2, 0.25) is 0 Å². The standard InChI is InChI=1S/C27H37N7O2/c1-19(8-6-5-7-12-34(3)4)22(16-29)23-17-31-26-14-24(23)36-20(2)10-13-35-18-21(15-28)27-30-11-9-25(32-26)33-27/h9,11,14-18,20,28-29H,5-8,10,12-13H2,1-4H3,(H,30,31,32,33)/b21-18?,22-19+,28-15?,29-16?/t20-/m0/s1. The molecule has 0 aromatic carbocycles. The van der Waals surface area contributed by atoms with Crippen molar-refractivity contribution in [2.75, 3.05) is 32.6 Å². The highest BCUT2D eigenvalue weighted by atomic mass is 16.5. The predicted molar refractivity (Wildman–Crippen MR) is 145 cm³/mol. The molecule has 36 heavy (non-hydrogen) atoms. The highest BCUT2D eigenvalue weighted by molar-refractivity contribution is 6.10. The highest BCUT2D eigenvalue weighted by Gasteiger charge is 2.16. The summed E-state index contributed by atoms with van der Waals surface area (Å²) in [6, 6.07) is 3.58. The molecular weight excluding hydrogens is 454 g/mol. The molecule has 0 amide bonds. The molecule has 0 aliphatic carbocycles. The van der Waals surface area contributed by atoms with Crippen LogP contribution in [0.2, 0.25) is 0 Å². The van der Waals surface area contributed by atoms with E-state index in [1.165, 1.54) is 18.7 Å². The van der Waals surface area contributed by atoms with E-state index in [0.29, 0.717) is 41.8 Å². The van der Waals surface area contributed by atoms with E-state index in [0.717, 1.165) is 48.9 Å². The minimum Gasteiger partial charge on any atom is -0.500 e. The van der Waals surface area contributed by atoms with Crippen LogP contribution >= 0.6 is 0 Å². The number of nitrogens with one attached hydrogen (secondary N) is 3. The lowest BCUT2D eigenvalue weighted by molar-refractivity contribution is 0.157. The Morgan fingerprint density at radius 1 is 1.19 bits per heavy atom. The molecule has 4 bridgehead atoms. The van der Waals surface area contributed by atoms with E-state index in [2.05, 4.69) is 46.2 Å². The molecule has 1 atom stereocenters. The Balaban J connectivity index is 1.91. The van der Waals surface area contributed by atoms with Crippen LogP contribution in [0.4, 0.5) is 11.6 Å². The molecule has 0 saturated heterocycles. The van der Waals surface area contributed by atoms with Crippen LogP contribution in [-0.4, -0.2) is 65.6 Å². The number of hydrogen-bond acceptors (Lipinski definition) is 9. The lowest BCUT2D eigenvalue weighted by Crippen LogP contribution is -2.16. The summed E-state index contributed by atoms with van der Waals surface area (Å²) in [7, 11) is 4.19. The average Bonchev–Trinajstić information content (AvgIpc) is 2.85. The largest absolute Gasteiger partial charge is 0.500 e. The number of allylic oxidation sites excluding steroid dienone is 3. The zero-order valence-corrected chi connectivity index (χ0v) is 21.7. The molecule has 3 N–H and O–H groups in total. The van der Waals surface area contributed by atoms with E-state index in [-0.39, 0.29) is 6.10 Å². The number of fused-ring (bicyclic) bond motifs is 4. The van der Waals surface area contributed by atoms with Gasteiger partial charge < -0.3 is 30.5 Å². The van der Waals surface area contributed by atoms with Crippen LogP contribution in [0, 0.1) is 10.8 Å². The van der Waals surface area contributed by atoms with Gasteiger partial charge in [0.25, 0.3) is 0 Å². The van der Waals surface area contributed by atoms with E-state index < -0.39 is 0 Å². The van der Waals surface area contributed by atoms with Crippen LogP contribution in [0.25, 0.3) is 11.1 Å². The summed E-state index contributed by atoms with van der Waals surface area (Å²) in [5.41, 5.74) is 3.27. The SMILES string of the molecule is C/C(CCCCCN(C)C)=C(/C=N)c1cnc2cc1O[C@@H](C)CCOC=C(C=N)c1nccc(n1)N2. The number of anilines is 2. The Bertz CT molecular complexity index is 1110. The van der Waals surface area contributed by atoms with Gasteiger partial charge in [-0.2, -0.15) is 0 Å². The zero-order chi connectivity index (χ0) is 25.9. The fraction of sp³-hybridized carbons (Fsp3) is 0.444. The van der Waals surface area contributed by atoms with Crippen LogP contribution in [0.1, 0.15) is 57.3 Å². The average molecular weight is 492 g/mol. The number of aromatic nitrogens is 3. The molecule has 0 saturated carbocycles. The Kier molecular flexibility index (Phi) is 10.1. The first kappa shape index (κ1) is 27.0. The van der Waals surface area contributed by atoms with Gasteiger partial charge in [-0.05, 0) is 59.8 Å². The number of ether oxygens (including phenoxy) is 2. The Labute approximate surface area is 213 Å². The van der Waals surface area contributed by atoms with Crippen molar-refractivity contribution in [2.45, 2.75) is 52.1 Å². The third-order valence-corrected chi connectivity index (χ3v) is 5.92.